The van der Waals surface area contributed by atoms with E-state index in [0.29, 0.717) is 0 Å². The van der Waals surface area contributed by atoms with Crippen molar-refractivity contribution in [2.45, 2.75) is 49.9 Å². The fourth-order valence-corrected chi connectivity index (χ4v) is 1.46. The highest BCUT2D eigenvalue weighted by Gasteiger charge is 2.36. The minimum atomic E-state index is -3.40. The number of halogens is 6. The van der Waals surface area contributed by atoms with Gasteiger partial charge in [-0.25, -0.2) is 24.1 Å². The zero-order valence-electron chi connectivity index (χ0n) is 17.1. The summed E-state index contributed by atoms with van der Waals surface area (Å²) in [6.45, 7) is 5.23. The maximum absolute atomic E-state index is 12.7. The fraction of sp³-hybridized carbons (Fsp3) is 0.765. The van der Waals surface area contributed by atoms with Gasteiger partial charge in [0.25, 0.3) is 18.4 Å². The van der Waals surface area contributed by atoms with E-state index in [1.807, 2.05) is 0 Å². The largest absolute Gasteiger partial charge is 0.469 e. The van der Waals surface area contributed by atoms with Crippen LogP contribution in [0.15, 0.2) is 0 Å². The first kappa shape index (κ1) is 33.1. The van der Waals surface area contributed by atoms with Crippen molar-refractivity contribution < 1.29 is 45.4 Å². The van der Waals surface area contributed by atoms with Gasteiger partial charge in [-0.3, -0.25) is 9.59 Å². The van der Waals surface area contributed by atoms with Crippen molar-refractivity contribution in [2.75, 3.05) is 33.9 Å². The topological polar surface area (TPSA) is 133 Å². The van der Waals surface area contributed by atoms with Crippen LogP contribution in [0, 0.1) is 17.9 Å². The molecule has 0 aliphatic heterocycles. The molecule has 0 fully saturated rings. The second kappa shape index (κ2) is 17.1. The summed E-state index contributed by atoms with van der Waals surface area (Å²) in [5.41, 5.74) is 9.85. The van der Waals surface area contributed by atoms with Crippen molar-refractivity contribution in [2.24, 2.45) is 11.5 Å². The molecule has 0 amide bonds. The van der Waals surface area contributed by atoms with Gasteiger partial charge in [0.15, 0.2) is 0 Å². The van der Waals surface area contributed by atoms with E-state index in [-0.39, 0.29) is 25.9 Å². The Morgan fingerprint density at radius 2 is 1.29 bits per heavy atom. The van der Waals surface area contributed by atoms with Crippen molar-refractivity contribution in [3.05, 3.63) is 11.4 Å². The highest BCUT2D eigenvalue weighted by atomic mass is 19.3. The third-order valence-electron chi connectivity index (χ3n) is 2.93. The number of hydrogen-bond donors (Lipinski definition) is 2. The van der Waals surface area contributed by atoms with Crippen LogP contribution in [0.4, 0.5) is 26.3 Å². The average molecular weight is 464 g/mol. The van der Waals surface area contributed by atoms with Gasteiger partial charge in [-0.1, -0.05) is 0 Å². The van der Waals surface area contributed by atoms with E-state index in [2.05, 4.69) is 14.3 Å². The number of nitriles is 1. The monoisotopic (exact) mass is 464 g/mol. The molecular weight excluding hydrogens is 438 g/mol. The van der Waals surface area contributed by atoms with Crippen LogP contribution in [0.25, 0.3) is 4.85 Å². The van der Waals surface area contributed by atoms with Crippen LogP contribution in [-0.2, 0) is 19.1 Å². The predicted molar refractivity (Wildman–Crippen MR) is 97.1 cm³/mol. The first-order valence-corrected chi connectivity index (χ1v) is 8.53. The second-order valence-corrected chi connectivity index (χ2v) is 5.80. The Hall–Kier alpha value is -2.58. The van der Waals surface area contributed by atoms with E-state index in [9.17, 15) is 35.9 Å². The molecule has 14 heteroatoms. The van der Waals surface area contributed by atoms with Crippen LogP contribution in [-0.4, -0.2) is 63.6 Å². The molecule has 0 aromatic heterocycles. The molecule has 0 radical (unpaired) electrons. The number of nitrogens with two attached hydrogens (primary N) is 2. The first-order valence-electron chi connectivity index (χ1n) is 8.53. The molecule has 4 N–H and O–H groups in total. The molecule has 0 aliphatic carbocycles. The van der Waals surface area contributed by atoms with Gasteiger partial charge in [-0.2, -0.15) is 14.0 Å². The van der Waals surface area contributed by atoms with Gasteiger partial charge in [0.2, 0.25) is 0 Å². The molecular formula is C17H26F6N4O4. The smallest absolute Gasteiger partial charge is 0.331 e. The molecule has 0 rings (SSSR count). The zero-order chi connectivity index (χ0) is 25.1. The van der Waals surface area contributed by atoms with Crippen molar-refractivity contribution in [3.8, 4) is 6.07 Å². The number of methoxy groups -OCH3 is 2. The third-order valence-corrected chi connectivity index (χ3v) is 2.93. The van der Waals surface area contributed by atoms with Crippen LogP contribution in [0.3, 0.4) is 0 Å². The normalized spacial score (nSPS) is 10.8. The van der Waals surface area contributed by atoms with E-state index in [0.717, 1.165) is 14.2 Å². The number of carbonyl (C=O) groups excluding carboxylic acids is 2. The van der Waals surface area contributed by atoms with Gasteiger partial charge < -0.3 is 25.8 Å². The van der Waals surface area contributed by atoms with Gasteiger partial charge in [0.05, 0.1) is 20.3 Å². The highest BCUT2D eigenvalue weighted by Crippen LogP contribution is 2.23. The van der Waals surface area contributed by atoms with E-state index in [1.165, 1.54) is 6.07 Å². The van der Waals surface area contributed by atoms with Gasteiger partial charge in [0, 0.05) is 12.8 Å². The van der Waals surface area contributed by atoms with Crippen molar-refractivity contribution in [3.63, 3.8) is 0 Å². The lowest BCUT2D eigenvalue weighted by Crippen LogP contribution is -2.26. The van der Waals surface area contributed by atoms with Gasteiger partial charge >= 0.3 is 17.9 Å². The standard InChI is InChI=1S/C7H10F2O4.C5H4F2N2.C5H12F2N2/c1-12-5(10)3-7(8,9)4-6(11)13-2;1-9-4-5(6,7)2-3-8;6-5(7,1-3-8)2-4-9/h3-4H2,1-2H3;2,4H2;1-4,8-9H2. The minimum Gasteiger partial charge on any atom is -0.469 e. The Morgan fingerprint density at radius 1 is 0.903 bits per heavy atom. The van der Waals surface area contributed by atoms with Crippen molar-refractivity contribution in [1.82, 2.24) is 0 Å². The van der Waals surface area contributed by atoms with E-state index < -0.39 is 55.5 Å². The summed E-state index contributed by atoms with van der Waals surface area (Å²) in [7, 11) is 1.99. The average Bonchev–Trinajstić information content (AvgIpc) is 2.61. The van der Waals surface area contributed by atoms with Crippen LogP contribution >= 0.6 is 0 Å². The van der Waals surface area contributed by atoms with Crippen molar-refractivity contribution in [1.29, 1.82) is 5.26 Å². The number of carbonyl (C=O) groups is 2. The van der Waals surface area contributed by atoms with E-state index in [4.69, 9.17) is 23.3 Å². The Kier molecular flexibility index (Phi) is 18.3. The Morgan fingerprint density at radius 3 is 1.55 bits per heavy atom. The van der Waals surface area contributed by atoms with E-state index in [1.54, 1.807) is 0 Å². The molecule has 0 heterocycles. The quantitative estimate of drug-likeness (QED) is 0.288. The lowest BCUT2D eigenvalue weighted by atomic mass is 10.2. The molecule has 0 atom stereocenters. The molecule has 0 aromatic carbocycles. The SMILES string of the molecule is COC(=O)CC(F)(F)CC(=O)OC.NCCC(F)(F)CCN.[C-]#[N+]CC(F)(F)CC#N. The highest BCUT2D eigenvalue weighted by molar-refractivity contribution is 5.74. The summed E-state index contributed by atoms with van der Waals surface area (Å²) in [4.78, 5) is 23.4. The van der Waals surface area contributed by atoms with Crippen LogP contribution in [0.5, 0.6) is 0 Å². The molecule has 0 unspecified atom stereocenters. The molecule has 0 bridgehead atoms. The Bertz CT molecular complexity index is 560. The van der Waals surface area contributed by atoms with E-state index >= 15 is 0 Å². The lowest BCUT2D eigenvalue weighted by molar-refractivity contribution is -0.156. The second-order valence-electron chi connectivity index (χ2n) is 5.80. The summed E-state index contributed by atoms with van der Waals surface area (Å²) >= 11 is 0. The third kappa shape index (κ3) is 23.6. The molecule has 8 nitrogen and oxygen atoms in total. The Labute approximate surface area is 176 Å². The number of esters is 2. The summed E-state index contributed by atoms with van der Waals surface area (Å²) in [6, 6.07) is 1.30. The number of ether oxygens (including phenoxy) is 2. The predicted octanol–water partition coefficient (Wildman–Crippen LogP) is 2.52. The molecule has 0 saturated heterocycles. The summed E-state index contributed by atoms with van der Waals surface area (Å²) in [6.07, 6.45) is -3.61. The number of hydrogen-bond acceptors (Lipinski definition) is 7. The van der Waals surface area contributed by atoms with Gasteiger partial charge in [-0.05, 0) is 13.1 Å². The van der Waals surface area contributed by atoms with Gasteiger partial charge in [-0.15, -0.1) is 0 Å². The minimum absolute atomic E-state index is 0.0208. The summed E-state index contributed by atoms with van der Waals surface area (Å²) in [5.74, 6) is -11.3. The summed E-state index contributed by atoms with van der Waals surface area (Å²) < 4.78 is 82.0. The fourth-order valence-electron chi connectivity index (χ4n) is 1.46. The molecule has 180 valence electrons. The maximum atomic E-state index is 12.7. The van der Waals surface area contributed by atoms with Crippen LogP contribution in [0.2, 0.25) is 0 Å². The number of alkyl halides is 6. The maximum Gasteiger partial charge on any atom is 0.331 e. The lowest BCUT2D eigenvalue weighted by Gasteiger charge is -2.12. The zero-order valence-corrected chi connectivity index (χ0v) is 17.1. The molecule has 31 heavy (non-hydrogen) atoms. The molecule has 0 aromatic rings. The summed E-state index contributed by atoms with van der Waals surface area (Å²) in [5, 5.41) is 7.80. The van der Waals surface area contributed by atoms with Gasteiger partial charge in [0.1, 0.15) is 19.3 Å². The Balaban J connectivity index is -0.000000390. The van der Waals surface area contributed by atoms with Crippen LogP contribution in [0.1, 0.15) is 32.1 Å². The van der Waals surface area contributed by atoms with Crippen LogP contribution < -0.4 is 11.5 Å². The first-order chi connectivity index (χ1) is 14.2. The number of rotatable bonds is 10. The molecule has 0 spiro atoms. The number of nitrogens with zero attached hydrogens (tertiary/aromatic N) is 2. The molecule has 0 aliphatic rings. The van der Waals surface area contributed by atoms with Crippen molar-refractivity contribution >= 4 is 11.9 Å². The molecule has 0 saturated carbocycles.